The Hall–Kier alpha value is -2.40. The van der Waals surface area contributed by atoms with Crippen molar-refractivity contribution in [2.45, 2.75) is 33.1 Å². The highest BCUT2D eigenvalue weighted by Gasteiger charge is 2.28. The smallest absolute Gasteiger partial charge is 0.227 e. The molecule has 2 amide bonds. The van der Waals surface area contributed by atoms with Crippen molar-refractivity contribution in [2.24, 2.45) is 11.3 Å². The van der Waals surface area contributed by atoms with Crippen molar-refractivity contribution in [2.75, 3.05) is 40.3 Å². The number of piperidine rings is 1. The average molecular weight is 410 g/mol. The summed E-state index contributed by atoms with van der Waals surface area (Å²) in [6, 6.07) is 14.3. The van der Waals surface area contributed by atoms with Gasteiger partial charge >= 0.3 is 0 Å². The number of carbonyl (C=O) groups is 2. The second kappa shape index (κ2) is 9.61. The van der Waals surface area contributed by atoms with Crippen LogP contribution in [0.2, 0.25) is 0 Å². The van der Waals surface area contributed by atoms with E-state index in [0.717, 1.165) is 35.7 Å². The standard InChI is InChI=1S/C25H35N3O2/c1-25(2,18-27(3)4)17-26-24(30)20-12-14-28(15-13-20)23(29)16-21-10-7-9-19-8-5-6-11-22(19)21/h5-11,20H,12-18H2,1-4H3,(H,26,30). The number of benzene rings is 2. The fourth-order valence-corrected chi connectivity index (χ4v) is 4.50. The summed E-state index contributed by atoms with van der Waals surface area (Å²) in [5.74, 6) is 0.280. The Morgan fingerprint density at radius 2 is 1.73 bits per heavy atom. The molecular weight excluding hydrogens is 374 g/mol. The first kappa shape index (κ1) is 22.3. The highest BCUT2D eigenvalue weighted by atomic mass is 16.2. The Labute approximate surface area is 180 Å². The maximum absolute atomic E-state index is 12.9. The molecule has 0 aromatic heterocycles. The first-order valence-electron chi connectivity index (χ1n) is 10.9. The van der Waals surface area contributed by atoms with Gasteiger partial charge in [-0.25, -0.2) is 0 Å². The van der Waals surface area contributed by atoms with Gasteiger partial charge in [0.15, 0.2) is 0 Å². The van der Waals surface area contributed by atoms with Crippen molar-refractivity contribution in [1.82, 2.24) is 15.1 Å². The summed E-state index contributed by atoms with van der Waals surface area (Å²) in [4.78, 5) is 29.5. The molecule has 30 heavy (non-hydrogen) atoms. The van der Waals surface area contributed by atoms with Crippen LogP contribution in [0.15, 0.2) is 42.5 Å². The second-order valence-corrected chi connectivity index (χ2v) is 9.59. The van der Waals surface area contributed by atoms with Crippen molar-refractivity contribution >= 4 is 22.6 Å². The van der Waals surface area contributed by atoms with Crippen LogP contribution in [-0.2, 0) is 16.0 Å². The lowest BCUT2D eigenvalue weighted by atomic mass is 9.91. The summed E-state index contributed by atoms with van der Waals surface area (Å²) < 4.78 is 0. The summed E-state index contributed by atoms with van der Waals surface area (Å²) in [5, 5.41) is 5.44. The topological polar surface area (TPSA) is 52.7 Å². The predicted molar refractivity (Wildman–Crippen MR) is 122 cm³/mol. The molecule has 1 N–H and O–H groups in total. The number of rotatable bonds is 7. The Morgan fingerprint density at radius 3 is 2.43 bits per heavy atom. The average Bonchev–Trinajstić information content (AvgIpc) is 2.71. The Balaban J connectivity index is 1.50. The molecule has 1 saturated heterocycles. The second-order valence-electron chi connectivity index (χ2n) is 9.59. The van der Waals surface area contributed by atoms with Gasteiger partial charge in [-0.2, -0.15) is 0 Å². The quantitative estimate of drug-likeness (QED) is 0.763. The van der Waals surface area contributed by atoms with Gasteiger partial charge in [0.25, 0.3) is 0 Å². The lowest BCUT2D eigenvalue weighted by molar-refractivity contribution is -0.135. The van der Waals surface area contributed by atoms with Crippen LogP contribution in [0.25, 0.3) is 10.8 Å². The van der Waals surface area contributed by atoms with Crippen LogP contribution >= 0.6 is 0 Å². The normalized spacial score (nSPS) is 15.6. The molecular formula is C25H35N3O2. The largest absolute Gasteiger partial charge is 0.355 e. The van der Waals surface area contributed by atoms with Gasteiger partial charge in [0.1, 0.15) is 0 Å². The molecule has 0 bridgehead atoms. The van der Waals surface area contributed by atoms with Crippen molar-refractivity contribution in [1.29, 1.82) is 0 Å². The van der Waals surface area contributed by atoms with E-state index in [1.807, 2.05) is 29.2 Å². The van der Waals surface area contributed by atoms with E-state index in [0.29, 0.717) is 26.1 Å². The molecule has 0 radical (unpaired) electrons. The summed E-state index contributed by atoms with van der Waals surface area (Å²) >= 11 is 0. The van der Waals surface area contributed by atoms with Crippen molar-refractivity contribution in [3.05, 3.63) is 48.0 Å². The summed E-state index contributed by atoms with van der Waals surface area (Å²) in [6.07, 6.45) is 1.89. The van der Waals surface area contributed by atoms with Crippen LogP contribution in [0.3, 0.4) is 0 Å². The molecule has 0 saturated carbocycles. The minimum Gasteiger partial charge on any atom is -0.355 e. The third-order valence-electron chi connectivity index (χ3n) is 5.93. The minimum absolute atomic E-state index is 0.00163. The van der Waals surface area contributed by atoms with E-state index in [1.165, 1.54) is 0 Å². The Kier molecular flexibility index (Phi) is 7.14. The van der Waals surface area contributed by atoms with E-state index in [2.05, 4.69) is 56.4 Å². The van der Waals surface area contributed by atoms with Gasteiger partial charge in [0, 0.05) is 32.1 Å². The molecule has 1 fully saturated rings. The highest BCUT2D eigenvalue weighted by Crippen LogP contribution is 2.22. The van der Waals surface area contributed by atoms with Crippen LogP contribution in [0.4, 0.5) is 0 Å². The predicted octanol–water partition coefficient (Wildman–Crippen LogP) is 3.32. The number of nitrogens with one attached hydrogen (secondary N) is 1. The number of hydrogen-bond donors (Lipinski definition) is 1. The first-order chi connectivity index (χ1) is 14.2. The number of nitrogens with zero attached hydrogens (tertiary/aromatic N) is 2. The lowest BCUT2D eigenvalue weighted by Gasteiger charge is -2.33. The molecule has 5 nitrogen and oxygen atoms in total. The van der Waals surface area contributed by atoms with Crippen LogP contribution < -0.4 is 5.32 Å². The lowest BCUT2D eigenvalue weighted by Crippen LogP contribution is -2.46. The van der Waals surface area contributed by atoms with Crippen LogP contribution in [-0.4, -0.2) is 61.9 Å². The molecule has 0 spiro atoms. The molecule has 0 aliphatic carbocycles. The summed E-state index contributed by atoms with van der Waals surface area (Å²) in [7, 11) is 4.10. The molecule has 2 aromatic carbocycles. The molecule has 1 heterocycles. The van der Waals surface area contributed by atoms with Crippen LogP contribution in [0.1, 0.15) is 32.3 Å². The summed E-state index contributed by atoms with van der Waals surface area (Å²) in [6.45, 7) is 7.24. The van der Waals surface area contributed by atoms with E-state index in [4.69, 9.17) is 0 Å². The van der Waals surface area contributed by atoms with Crippen LogP contribution in [0.5, 0.6) is 0 Å². The summed E-state index contributed by atoms with van der Waals surface area (Å²) in [5.41, 5.74) is 1.11. The monoisotopic (exact) mass is 409 g/mol. The van der Waals surface area contributed by atoms with E-state index in [9.17, 15) is 9.59 Å². The zero-order chi connectivity index (χ0) is 21.7. The molecule has 0 unspecified atom stereocenters. The number of likely N-dealkylation sites (tertiary alicyclic amines) is 1. The SMILES string of the molecule is CN(C)CC(C)(C)CNC(=O)C1CCN(C(=O)Cc2cccc3ccccc23)CC1. The third kappa shape index (κ3) is 5.82. The fraction of sp³-hybridized carbons (Fsp3) is 0.520. The number of amides is 2. The molecule has 1 aliphatic heterocycles. The fourth-order valence-electron chi connectivity index (χ4n) is 4.50. The van der Waals surface area contributed by atoms with Crippen molar-refractivity contribution in [3.8, 4) is 0 Å². The van der Waals surface area contributed by atoms with Crippen molar-refractivity contribution < 1.29 is 9.59 Å². The maximum Gasteiger partial charge on any atom is 0.227 e. The van der Waals surface area contributed by atoms with Gasteiger partial charge in [-0.1, -0.05) is 56.3 Å². The van der Waals surface area contributed by atoms with Crippen molar-refractivity contribution in [3.63, 3.8) is 0 Å². The van der Waals surface area contributed by atoms with Gasteiger partial charge in [-0.15, -0.1) is 0 Å². The minimum atomic E-state index is 0.00163. The van der Waals surface area contributed by atoms with Gasteiger partial charge in [-0.05, 0) is 48.7 Å². The zero-order valence-electron chi connectivity index (χ0n) is 18.8. The molecule has 1 aliphatic rings. The highest BCUT2D eigenvalue weighted by molar-refractivity contribution is 5.90. The van der Waals surface area contributed by atoms with E-state index in [-0.39, 0.29) is 23.1 Å². The van der Waals surface area contributed by atoms with Gasteiger partial charge in [0.05, 0.1) is 6.42 Å². The Morgan fingerprint density at radius 1 is 1.07 bits per heavy atom. The first-order valence-corrected chi connectivity index (χ1v) is 10.9. The molecule has 162 valence electrons. The van der Waals surface area contributed by atoms with Gasteiger partial charge < -0.3 is 15.1 Å². The third-order valence-corrected chi connectivity index (χ3v) is 5.93. The molecule has 2 aromatic rings. The number of hydrogen-bond acceptors (Lipinski definition) is 3. The van der Waals surface area contributed by atoms with E-state index in [1.54, 1.807) is 0 Å². The molecule has 5 heteroatoms. The number of carbonyl (C=O) groups excluding carboxylic acids is 2. The van der Waals surface area contributed by atoms with E-state index >= 15 is 0 Å². The maximum atomic E-state index is 12.9. The number of fused-ring (bicyclic) bond motifs is 1. The van der Waals surface area contributed by atoms with Gasteiger partial charge in [0.2, 0.25) is 11.8 Å². The van der Waals surface area contributed by atoms with Gasteiger partial charge in [-0.3, -0.25) is 9.59 Å². The Bertz CT molecular complexity index is 878. The zero-order valence-corrected chi connectivity index (χ0v) is 18.8. The molecule has 3 rings (SSSR count). The van der Waals surface area contributed by atoms with Crippen LogP contribution in [0, 0.1) is 11.3 Å². The van der Waals surface area contributed by atoms with E-state index < -0.39 is 0 Å². The molecule has 0 atom stereocenters.